The zero-order chi connectivity index (χ0) is 18.7. The minimum absolute atomic E-state index is 0.00729. The first kappa shape index (κ1) is 18.2. The van der Waals surface area contributed by atoms with E-state index in [9.17, 15) is 17.6 Å². The molecule has 9 heteroatoms. The zero-order valence-corrected chi connectivity index (χ0v) is 15.0. The van der Waals surface area contributed by atoms with Crippen LogP contribution in [0.1, 0.15) is 23.7 Å². The molecule has 0 bridgehead atoms. The standard InChI is InChI=1S/C17H19FN4O3S/c1-2-22(15-6-7-26(24,25)11-15)16(23)12-9-19-17(20-10-12)21-14-5-3-4-13(18)8-14/h3-5,8-10,15H,2,6-7,11H2,1H3,(H,19,20,21). The van der Waals surface area contributed by atoms with Gasteiger partial charge in [-0.1, -0.05) is 6.07 Å². The quantitative estimate of drug-likeness (QED) is 0.856. The summed E-state index contributed by atoms with van der Waals surface area (Å²) in [6.07, 6.45) is 3.20. The number of halogens is 1. The van der Waals surface area contributed by atoms with Gasteiger partial charge in [0.05, 0.1) is 17.1 Å². The molecule has 3 rings (SSSR count). The summed E-state index contributed by atoms with van der Waals surface area (Å²) < 4.78 is 36.5. The maximum Gasteiger partial charge on any atom is 0.257 e. The molecule has 0 saturated carbocycles. The normalized spacial score (nSPS) is 18.5. The van der Waals surface area contributed by atoms with E-state index in [-0.39, 0.29) is 40.8 Å². The molecule has 1 aliphatic rings. The number of hydrogen-bond donors (Lipinski definition) is 1. The second-order valence-corrected chi connectivity index (χ2v) is 8.31. The van der Waals surface area contributed by atoms with Crippen molar-refractivity contribution in [2.45, 2.75) is 19.4 Å². The van der Waals surface area contributed by atoms with E-state index in [1.165, 1.54) is 24.5 Å². The third-order valence-electron chi connectivity index (χ3n) is 4.23. The number of carbonyl (C=O) groups excluding carboxylic acids is 1. The first-order valence-corrected chi connectivity index (χ1v) is 10.1. The number of rotatable bonds is 5. The van der Waals surface area contributed by atoms with Gasteiger partial charge in [-0.3, -0.25) is 4.79 Å². The van der Waals surface area contributed by atoms with Gasteiger partial charge in [-0.25, -0.2) is 22.8 Å². The monoisotopic (exact) mass is 378 g/mol. The second kappa shape index (κ2) is 7.36. The van der Waals surface area contributed by atoms with Crippen molar-refractivity contribution >= 4 is 27.4 Å². The van der Waals surface area contributed by atoms with Crippen molar-refractivity contribution in [3.63, 3.8) is 0 Å². The van der Waals surface area contributed by atoms with Crippen LogP contribution in [0.4, 0.5) is 16.0 Å². The van der Waals surface area contributed by atoms with E-state index in [1.807, 2.05) is 6.92 Å². The van der Waals surface area contributed by atoms with Gasteiger partial charge in [0.25, 0.3) is 5.91 Å². The van der Waals surface area contributed by atoms with Crippen molar-refractivity contribution in [3.05, 3.63) is 48.0 Å². The molecule has 1 aromatic carbocycles. The first-order chi connectivity index (χ1) is 12.4. The van der Waals surface area contributed by atoms with Gasteiger partial charge in [0, 0.05) is 30.7 Å². The highest BCUT2D eigenvalue weighted by molar-refractivity contribution is 7.91. The summed E-state index contributed by atoms with van der Waals surface area (Å²) >= 11 is 0. The van der Waals surface area contributed by atoms with Crippen LogP contribution in [-0.2, 0) is 9.84 Å². The van der Waals surface area contributed by atoms with Crippen molar-refractivity contribution in [2.24, 2.45) is 0 Å². The Hall–Kier alpha value is -2.55. The van der Waals surface area contributed by atoms with Crippen LogP contribution in [0.5, 0.6) is 0 Å². The van der Waals surface area contributed by atoms with Crippen LogP contribution in [0.2, 0.25) is 0 Å². The molecule has 1 aliphatic heterocycles. The van der Waals surface area contributed by atoms with E-state index in [0.717, 1.165) is 0 Å². The number of sulfone groups is 1. The predicted octanol–water partition coefficient (Wildman–Crippen LogP) is 2.01. The van der Waals surface area contributed by atoms with Gasteiger partial charge < -0.3 is 10.2 Å². The van der Waals surface area contributed by atoms with E-state index < -0.39 is 9.84 Å². The fourth-order valence-electron chi connectivity index (χ4n) is 2.95. The topological polar surface area (TPSA) is 92.3 Å². The summed E-state index contributed by atoms with van der Waals surface area (Å²) in [6, 6.07) is 5.55. The Bertz CT molecular complexity index is 902. The van der Waals surface area contributed by atoms with Gasteiger partial charge >= 0.3 is 0 Å². The lowest BCUT2D eigenvalue weighted by atomic mass is 10.2. The average Bonchev–Trinajstić information content (AvgIpc) is 2.96. The van der Waals surface area contributed by atoms with Crippen molar-refractivity contribution in [1.82, 2.24) is 14.9 Å². The number of hydrogen-bond acceptors (Lipinski definition) is 6. The highest BCUT2D eigenvalue weighted by atomic mass is 32.2. The third-order valence-corrected chi connectivity index (χ3v) is 5.98. The van der Waals surface area contributed by atoms with E-state index in [0.29, 0.717) is 18.7 Å². The van der Waals surface area contributed by atoms with E-state index in [4.69, 9.17) is 0 Å². The number of amides is 1. The van der Waals surface area contributed by atoms with Gasteiger partial charge in [-0.05, 0) is 31.5 Å². The molecule has 26 heavy (non-hydrogen) atoms. The van der Waals surface area contributed by atoms with Gasteiger partial charge in [-0.15, -0.1) is 0 Å². The lowest BCUT2D eigenvalue weighted by molar-refractivity contribution is 0.0707. The van der Waals surface area contributed by atoms with E-state index in [1.54, 1.807) is 17.0 Å². The lowest BCUT2D eigenvalue weighted by Gasteiger charge is -2.26. The summed E-state index contributed by atoms with van der Waals surface area (Å²) in [4.78, 5) is 22.4. The maximum atomic E-state index is 13.2. The smallest absolute Gasteiger partial charge is 0.257 e. The molecule has 1 saturated heterocycles. The SMILES string of the molecule is CCN(C(=O)c1cnc(Nc2cccc(F)c2)nc1)C1CCS(=O)(=O)C1. The first-order valence-electron chi connectivity index (χ1n) is 8.24. The molecule has 1 aromatic heterocycles. The second-order valence-electron chi connectivity index (χ2n) is 6.08. The molecular weight excluding hydrogens is 359 g/mol. The van der Waals surface area contributed by atoms with Crippen LogP contribution in [-0.4, -0.2) is 53.3 Å². The largest absolute Gasteiger partial charge is 0.335 e. The summed E-state index contributed by atoms with van der Waals surface area (Å²) in [5, 5.41) is 2.85. The van der Waals surface area contributed by atoms with Gasteiger partial charge in [-0.2, -0.15) is 0 Å². The lowest BCUT2D eigenvalue weighted by Crippen LogP contribution is -2.41. The summed E-state index contributed by atoms with van der Waals surface area (Å²) in [7, 11) is -3.08. The van der Waals surface area contributed by atoms with E-state index >= 15 is 0 Å². The minimum atomic E-state index is -3.08. The molecule has 0 radical (unpaired) electrons. The molecule has 1 fully saturated rings. The number of aromatic nitrogens is 2. The number of benzene rings is 1. The fourth-order valence-corrected chi connectivity index (χ4v) is 4.68. The van der Waals surface area contributed by atoms with Crippen LogP contribution < -0.4 is 5.32 Å². The highest BCUT2D eigenvalue weighted by Gasteiger charge is 2.34. The molecule has 0 aliphatic carbocycles. The highest BCUT2D eigenvalue weighted by Crippen LogP contribution is 2.20. The Morgan fingerprint density at radius 2 is 2.08 bits per heavy atom. The molecule has 138 valence electrons. The predicted molar refractivity (Wildman–Crippen MR) is 95.5 cm³/mol. The Morgan fingerprint density at radius 1 is 1.35 bits per heavy atom. The molecule has 7 nitrogen and oxygen atoms in total. The Kier molecular flexibility index (Phi) is 5.17. The molecule has 0 spiro atoms. The van der Waals surface area contributed by atoms with Gasteiger partial charge in [0.15, 0.2) is 9.84 Å². The Balaban J connectivity index is 1.71. The van der Waals surface area contributed by atoms with Crippen LogP contribution in [0.3, 0.4) is 0 Å². The van der Waals surface area contributed by atoms with Crippen molar-refractivity contribution in [2.75, 3.05) is 23.4 Å². The average molecular weight is 378 g/mol. The van der Waals surface area contributed by atoms with Gasteiger partial charge in [0.2, 0.25) is 5.95 Å². The number of nitrogens with one attached hydrogen (secondary N) is 1. The number of anilines is 2. The zero-order valence-electron chi connectivity index (χ0n) is 14.2. The van der Waals surface area contributed by atoms with Crippen molar-refractivity contribution < 1.29 is 17.6 Å². The number of nitrogens with zero attached hydrogens (tertiary/aromatic N) is 3. The van der Waals surface area contributed by atoms with E-state index in [2.05, 4.69) is 15.3 Å². The molecule has 1 unspecified atom stereocenters. The minimum Gasteiger partial charge on any atom is -0.335 e. The molecule has 2 aromatic rings. The summed E-state index contributed by atoms with van der Waals surface area (Å²) in [5.74, 6) is -0.349. The fraction of sp³-hybridized carbons (Fsp3) is 0.353. The Labute approximate surface area is 151 Å². The molecular formula is C17H19FN4O3S. The van der Waals surface area contributed by atoms with Crippen LogP contribution in [0.25, 0.3) is 0 Å². The molecule has 1 atom stereocenters. The van der Waals surface area contributed by atoms with Crippen molar-refractivity contribution in [1.29, 1.82) is 0 Å². The van der Waals surface area contributed by atoms with Crippen LogP contribution in [0, 0.1) is 5.82 Å². The van der Waals surface area contributed by atoms with Crippen LogP contribution >= 0.6 is 0 Å². The molecule has 1 amide bonds. The van der Waals surface area contributed by atoms with Crippen molar-refractivity contribution in [3.8, 4) is 0 Å². The maximum absolute atomic E-state index is 13.2. The number of carbonyl (C=O) groups is 1. The molecule has 2 heterocycles. The summed E-state index contributed by atoms with van der Waals surface area (Å²) in [5.41, 5.74) is 0.774. The third kappa shape index (κ3) is 4.16. The van der Waals surface area contributed by atoms with Crippen LogP contribution in [0.15, 0.2) is 36.7 Å². The molecule has 1 N–H and O–H groups in total. The summed E-state index contributed by atoms with van der Waals surface area (Å²) in [6.45, 7) is 2.21. The van der Waals surface area contributed by atoms with Gasteiger partial charge in [0.1, 0.15) is 5.82 Å². The Morgan fingerprint density at radius 3 is 2.65 bits per heavy atom.